The van der Waals surface area contributed by atoms with Crippen LogP contribution in [-0.2, 0) is 0 Å². The molecule has 1 aromatic carbocycles. The van der Waals surface area contributed by atoms with Crippen LogP contribution in [-0.4, -0.2) is 11.1 Å². The molecule has 1 aliphatic carbocycles. The van der Waals surface area contributed by atoms with E-state index in [1.807, 2.05) is 30.3 Å². The second-order valence-electron chi connectivity index (χ2n) is 4.83. The molecule has 0 amide bonds. The maximum absolute atomic E-state index is 10.2. The zero-order chi connectivity index (χ0) is 11.4. The topological polar surface area (TPSA) is 46.2 Å². The summed E-state index contributed by atoms with van der Waals surface area (Å²) >= 11 is 0. The summed E-state index contributed by atoms with van der Waals surface area (Å²) in [5, 5.41) is 10.2. The minimum Gasteiger partial charge on any atom is -0.387 e. The van der Waals surface area contributed by atoms with Gasteiger partial charge in [-0.15, -0.1) is 0 Å². The van der Waals surface area contributed by atoms with Crippen LogP contribution in [0.15, 0.2) is 30.3 Å². The van der Waals surface area contributed by atoms with Crippen molar-refractivity contribution in [3.8, 4) is 0 Å². The molecule has 0 bridgehead atoms. The third-order valence-corrected chi connectivity index (χ3v) is 3.70. The van der Waals surface area contributed by atoms with Crippen LogP contribution in [0.25, 0.3) is 0 Å². The predicted molar refractivity (Wildman–Crippen MR) is 66.0 cm³/mol. The summed E-state index contributed by atoms with van der Waals surface area (Å²) < 4.78 is 0. The van der Waals surface area contributed by atoms with Crippen molar-refractivity contribution >= 4 is 0 Å². The van der Waals surface area contributed by atoms with Crippen molar-refractivity contribution in [2.24, 2.45) is 11.7 Å². The summed E-state index contributed by atoms with van der Waals surface area (Å²) in [7, 11) is 0. The van der Waals surface area contributed by atoms with E-state index in [1.165, 1.54) is 32.1 Å². The fourth-order valence-electron chi connectivity index (χ4n) is 2.65. The summed E-state index contributed by atoms with van der Waals surface area (Å²) in [6.45, 7) is 0. The van der Waals surface area contributed by atoms with Gasteiger partial charge in [0.1, 0.15) is 0 Å². The average molecular weight is 219 g/mol. The second-order valence-corrected chi connectivity index (χ2v) is 4.83. The van der Waals surface area contributed by atoms with E-state index in [-0.39, 0.29) is 6.04 Å². The molecule has 0 aliphatic heterocycles. The molecule has 2 atom stereocenters. The second kappa shape index (κ2) is 5.46. The van der Waals surface area contributed by atoms with Gasteiger partial charge in [0.05, 0.1) is 6.10 Å². The minimum atomic E-state index is -0.510. The quantitative estimate of drug-likeness (QED) is 0.821. The molecule has 3 N–H and O–H groups in total. The van der Waals surface area contributed by atoms with Crippen molar-refractivity contribution in [1.29, 1.82) is 0 Å². The third-order valence-electron chi connectivity index (χ3n) is 3.70. The summed E-state index contributed by atoms with van der Waals surface area (Å²) in [5.41, 5.74) is 7.12. The minimum absolute atomic E-state index is 0.109. The Morgan fingerprint density at radius 2 is 1.69 bits per heavy atom. The van der Waals surface area contributed by atoms with E-state index in [0.717, 1.165) is 5.56 Å². The van der Waals surface area contributed by atoms with Gasteiger partial charge in [-0.3, -0.25) is 0 Å². The summed E-state index contributed by atoms with van der Waals surface area (Å²) in [5.74, 6) is 0.490. The van der Waals surface area contributed by atoms with Gasteiger partial charge in [-0.1, -0.05) is 49.6 Å². The smallest absolute Gasteiger partial charge is 0.0943 e. The SMILES string of the molecule is N[C@H](C1CCCCC1)[C@H](O)c1ccccc1. The molecule has 0 unspecified atom stereocenters. The molecule has 0 spiro atoms. The van der Waals surface area contributed by atoms with Crippen molar-refractivity contribution < 1.29 is 5.11 Å². The standard InChI is InChI=1S/C14H21NO/c15-13(11-7-3-1-4-8-11)14(16)12-9-5-2-6-10-12/h2,5-6,9-11,13-14,16H,1,3-4,7-8,15H2/t13-,14-/m1/s1. The largest absolute Gasteiger partial charge is 0.387 e. The highest BCUT2D eigenvalue weighted by molar-refractivity contribution is 5.19. The van der Waals surface area contributed by atoms with Gasteiger partial charge in [0, 0.05) is 6.04 Å². The average Bonchev–Trinajstić information content (AvgIpc) is 2.39. The highest BCUT2D eigenvalue weighted by atomic mass is 16.3. The first-order chi connectivity index (χ1) is 7.79. The van der Waals surface area contributed by atoms with Crippen molar-refractivity contribution in [3.05, 3.63) is 35.9 Å². The lowest BCUT2D eigenvalue weighted by molar-refractivity contribution is 0.104. The lowest BCUT2D eigenvalue weighted by Crippen LogP contribution is -2.37. The van der Waals surface area contributed by atoms with E-state index in [0.29, 0.717) is 5.92 Å². The molecule has 1 saturated carbocycles. The van der Waals surface area contributed by atoms with Crippen molar-refractivity contribution in [2.75, 3.05) is 0 Å². The number of rotatable bonds is 3. The van der Waals surface area contributed by atoms with E-state index in [9.17, 15) is 5.11 Å². The molecule has 1 aliphatic rings. The number of aliphatic hydroxyl groups excluding tert-OH is 1. The summed E-state index contributed by atoms with van der Waals surface area (Å²) in [4.78, 5) is 0. The van der Waals surface area contributed by atoms with Gasteiger partial charge in [0.2, 0.25) is 0 Å². The van der Waals surface area contributed by atoms with Crippen LogP contribution in [0.5, 0.6) is 0 Å². The Morgan fingerprint density at radius 3 is 2.31 bits per heavy atom. The van der Waals surface area contributed by atoms with Gasteiger partial charge in [-0.2, -0.15) is 0 Å². The van der Waals surface area contributed by atoms with Gasteiger partial charge in [0.15, 0.2) is 0 Å². The molecule has 2 nitrogen and oxygen atoms in total. The molecule has 2 heteroatoms. The fraction of sp³-hybridized carbons (Fsp3) is 0.571. The van der Waals surface area contributed by atoms with Gasteiger partial charge < -0.3 is 10.8 Å². The Kier molecular flexibility index (Phi) is 3.97. The number of aliphatic hydroxyl groups is 1. The molecule has 0 aromatic heterocycles. The van der Waals surface area contributed by atoms with Crippen LogP contribution in [0.3, 0.4) is 0 Å². The first kappa shape index (κ1) is 11.6. The number of hydrogen-bond donors (Lipinski definition) is 2. The lowest BCUT2D eigenvalue weighted by Gasteiger charge is -2.30. The Labute approximate surface area is 97.5 Å². The fourth-order valence-corrected chi connectivity index (χ4v) is 2.65. The van der Waals surface area contributed by atoms with Crippen molar-refractivity contribution in [3.63, 3.8) is 0 Å². The van der Waals surface area contributed by atoms with E-state index in [2.05, 4.69) is 0 Å². The van der Waals surface area contributed by atoms with Gasteiger partial charge in [-0.05, 0) is 24.3 Å². The first-order valence-electron chi connectivity index (χ1n) is 6.27. The lowest BCUT2D eigenvalue weighted by atomic mass is 9.81. The molecule has 2 rings (SSSR count). The maximum atomic E-state index is 10.2. The summed E-state index contributed by atoms with van der Waals surface area (Å²) in [6, 6.07) is 9.66. The molecule has 16 heavy (non-hydrogen) atoms. The molecular weight excluding hydrogens is 198 g/mol. The van der Waals surface area contributed by atoms with Gasteiger partial charge in [0.25, 0.3) is 0 Å². The van der Waals surface area contributed by atoms with Crippen LogP contribution in [0, 0.1) is 5.92 Å². The molecule has 88 valence electrons. The highest BCUT2D eigenvalue weighted by Crippen LogP contribution is 2.30. The Bertz CT molecular complexity index is 306. The van der Waals surface area contributed by atoms with Crippen LogP contribution < -0.4 is 5.73 Å². The first-order valence-corrected chi connectivity index (χ1v) is 6.27. The maximum Gasteiger partial charge on any atom is 0.0943 e. The Hall–Kier alpha value is -0.860. The molecular formula is C14H21NO. The molecule has 0 radical (unpaired) electrons. The van der Waals surface area contributed by atoms with E-state index in [4.69, 9.17) is 5.73 Å². The van der Waals surface area contributed by atoms with E-state index >= 15 is 0 Å². The Morgan fingerprint density at radius 1 is 1.06 bits per heavy atom. The van der Waals surface area contributed by atoms with E-state index < -0.39 is 6.10 Å². The summed E-state index contributed by atoms with van der Waals surface area (Å²) in [6.07, 6.45) is 5.69. The molecule has 0 heterocycles. The number of nitrogens with two attached hydrogens (primary N) is 1. The number of hydrogen-bond acceptors (Lipinski definition) is 2. The van der Waals surface area contributed by atoms with E-state index in [1.54, 1.807) is 0 Å². The number of benzene rings is 1. The molecule has 1 fully saturated rings. The Balaban J connectivity index is 2.00. The van der Waals surface area contributed by atoms with Crippen molar-refractivity contribution in [2.45, 2.75) is 44.2 Å². The predicted octanol–water partition coefficient (Wildman–Crippen LogP) is 2.63. The van der Waals surface area contributed by atoms with Gasteiger partial charge in [-0.25, -0.2) is 0 Å². The zero-order valence-corrected chi connectivity index (χ0v) is 9.68. The van der Waals surface area contributed by atoms with Crippen molar-refractivity contribution in [1.82, 2.24) is 0 Å². The monoisotopic (exact) mass is 219 g/mol. The third kappa shape index (κ3) is 2.63. The van der Waals surface area contributed by atoms with Crippen LogP contribution in [0.4, 0.5) is 0 Å². The normalized spacial score (nSPS) is 21.6. The van der Waals surface area contributed by atoms with Gasteiger partial charge >= 0.3 is 0 Å². The highest BCUT2D eigenvalue weighted by Gasteiger charge is 2.26. The molecule has 1 aromatic rings. The molecule has 0 saturated heterocycles. The van der Waals surface area contributed by atoms with Crippen LogP contribution >= 0.6 is 0 Å². The van der Waals surface area contributed by atoms with Crippen LogP contribution in [0.2, 0.25) is 0 Å². The zero-order valence-electron chi connectivity index (χ0n) is 9.68. The van der Waals surface area contributed by atoms with Crippen LogP contribution in [0.1, 0.15) is 43.8 Å².